The second-order valence-corrected chi connectivity index (χ2v) is 5.04. The minimum Gasteiger partial charge on any atom is -0.479 e. The number of esters is 1. The molecule has 0 spiro atoms. The summed E-state index contributed by atoms with van der Waals surface area (Å²) in [6.45, 7) is 1.37. The number of nitrogens with one attached hydrogen (secondary N) is 1. The van der Waals surface area contributed by atoms with E-state index in [-0.39, 0.29) is 30.3 Å². The Morgan fingerprint density at radius 1 is 1.28 bits per heavy atom. The van der Waals surface area contributed by atoms with Crippen molar-refractivity contribution in [3.63, 3.8) is 0 Å². The number of furan rings is 1. The SMILES string of the molecule is COC(=O)CNC(=O)c1ccc(COc2ccc(C)cc2[N+](=O)[O-])o1. The molecule has 1 N–H and O–H groups in total. The standard InChI is InChI=1S/C16H16N2O7/c1-10-3-5-13(12(7-10)18(21)22)24-9-11-4-6-14(25-11)16(20)17-8-15(19)23-2/h3-7H,8-9H2,1-2H3,(H,17,20). The lowest BCUT2D eigenvalue weighted by molar-refractivity contribution is -0.386. The molecule has 132 valence electrons. The van der Waals surface area contributed by atoms with Crippen molar-refractivity contribution in [1.29, 1.82) is 0 Å². The number of carbonyl (C=O) groups is 2. The predicted molar refractivity (Wildman–Crippen MR) is 85.2 cm³/mol. The van der Waals surface area contributed by atoms with Gasteiger partial charge in [-0.25, -0.2) is 0 Å². The zero-order valence-electron chi connectivity index (χ0n) is 13.6. The molecule has 1 heterocycles. The number of nitrogens with zero attached hydrogens (tertiary/aromatic N) is 1. The largest absolute Gasteiger partial charge is 0.479 e. The van der Waals surface area contributed by atoms with E-state index in [9.17, 15) is 19.7 Å². The minimum atomic E-state index is -0.588. The summed E-state index contributed by atoms with van der Waals surface area (Å²) < 4.78 is 15.1. The Hall–Kier alpha value is -3.36. The van der Waals surface area contributed by atoms with Crippen molar-refractivity contribution in [2.24, 2.45) is 0 Å². The average Bonchev–Trinajstić information content (AvgIpc) is 3.07. The number of nitro benzene ring substituents is 1. The number of hydrogen-bond acceptors (Lipinski definition) is 7. The zero-order valence-corrected chi connectivity index (χ0v) is 13.6. The van der Waals surface area contributed by atoms with Crippen molar-refractivity contribution < 1.29 is 28.4 Å². The van der Waals surface area contributed by atoms with Crippen LogP contribution in [0.1, 0.15) is 21.9 Å². The van der Waals surface area contributed by atoms with Crippen molar-refractivity contribution in [2.45, 2.75) is 13.5 Å². The molecule has 0 aliphatic heterocycles. The highest BCUT2D eigenvalue weighted by Crippen LogP contribution is 2.28. The van der Waals surface area contributed by atoms with Crippen molar-refractivity contribution in [1.82, 2.24) is 5.32 Å². The smallest absolute Gasteiger partial charge is 0.325 e. The van der Waals surface area contributed by atoms with Gasteiger partial charge < -0.3 is 19.2 Å². The van der Waals surface area contributed by atoms with Crippen molar-refractivity contribution in [2.75, 3.05) is 13.7 Å². The average molecular weight is 348 g/mol. The van der Waals surface area contributed by atoms with Crippen LogP contribution < -0.4 is 10.1 Å². The molecule has 9 nitrogen and oxygen atoms in total. The Labute approximate surface area is 142 Å². The van der Waals surface area contributed by atoms with Gasteiger partial charge in [0.05, 0.1) is 12.0 Å². The van der Waals surface area contributed by atoms with Gasteiger partial charge in [0.25, 0.3) is 5.91 Å². The fraction of sp³-hybridized carbons (Fsp3) is 0.250. The van der Waals surface area contributed by atoms with Crippen LogP contribution in [-0.2, 0) is 16.1 Å². The van der Waals surface area contributed by atoms with Gasteiger partial charge >= 0.3 is 11.7 Å². The molecule has 25 heavy (non-hydrogen) atoms. The number of aryl methyl sites for hydroxylation is 1. The van der Waals surface area contributed by atoms with E-state index in [1.807, 2.05) is 0 Å². The Balaban J connectivity index is 1.99. The van der Waals surface area contributed by atoms with Gasteiger partial charge in [-0.2, -0.15) is 0 Å². The van der Waals surface area contributed by atoms with Crippen LogP contribution in [0.25, 0.3) is 0 Å². The summed E-state index contributed by atoms with van der Waals surface area (Å²) in [5.41, 5.74) is 0.587. The third-order valence-electron chi connectivity index (χ3n) is 3.19. The highest BCUT2D eigenvalue weighted by Gasteiger charge is 2.17. The third kappa shape index (κ3) is 4.80. The molecule has 0 unspecified atom stereocenters. The van der Waals surface area contributed by atoms with Crippen LogP contribution in [0.15, 0.2) is 34.7 Å². The molecule has 1 amide bonds. The number of nitro groups is 1. The molecule has 9 heteroatoms. The van der Waals surface area contributed by atoms with Gasteiger partial charge in [0.15, 0.2) is 11.5 Å². The Morgan fingerprint density at radius 2 is 2.04 bits per heavy atom. The van der Waals surface area contributed by atoms with Crippen molar-refractivity contribution in [3.05, 3.63) is 57.5 Å². The number of benzene rings is 1. The maximum atomic E-state index is 11.8. The fourth-order valence-corrected chi connectivity index (χ4v) is 1.93. The first kappa shape index (κ1) is 18.0. The first-order valence-electron chi connectivity index (χ1n) is 7.22. The molecular weight excluding hydrogens is 332 g/mol. The van der Waals surface area contributed by atoms with E-state index in [0.717, 1.165) is 5.56 Å². The van der Waals surface area contributed by atoms with E-state index in [0.29, 0.717) is 5.76 Å². The van der Waals surface area contributed by atoms with Gasteiger partial charge in [0.2, 0.25) is 0 Å². The third-order valence-corrected chi connectivity index (χ3v) is 3.19. The molecule has 0 aliphatic rings. The summed E-state index contributed by atoms with van der Waals surface area (Å²) in [5, 5.41) is 13.4. The van der Waals surface area contributed by atoms with Crippen LogP contribution in [0.3, 0.4) is 0 Å². The Morgan fingerprint density at radius 3 is 2.72 bits per heavy atom. The van der Waals surface area contributed by atoms with Crippen LogP contribution in [-0.4, -0.2) is 30.5 Å². The summed E-state index contributed by atoms with van der Waals surface area (Å²) >= 11 is 0. The molecule has 0 aliphatic carbocycles. The molecule has 0 saturated heterocycles. The van der Waals surface area contributed by atoms with Gasteiger partial charge in [-0.05, 0) is 30.7 Å². The van der Waals surface area contributed by atoms with Crippen LogP contribution in [0.2, 0.25) is 0 Å². The van der Waals surface area contributed by atoms with Gasteiger partial charge in [0, 0.05) is 6.07 Å². The number of ether oxygens (including phenoxy) is 2. The minimum absolute atomic E-state index is 0.0130. The van der Waals surface area contributed by atoms with E-state index < -0.39 is 16.8 Å². The molecule has 2 rings (SSSR count). The van der Waals surface area contributed by atoms with Crippen LogP contribution >= 0.6 is 0 Å². The molecule has 0 atom stereocenters. The van der Waals surface area contributed by atoms with Crippen molar-refractivity contribution >= 4 is 17.6 Å². The first-order chi connectivity index (χ1) is 11.9. The summed E-state index contributed by atoms with van der Waals surface area (Å²) in [4.78, 5) is 33.3. The van der Waals surface area contributed by atoms with Gasteiger partial charge in [-0.3, -0.25) is 19.7 Å². The summed E-state index contributed by atoms with van der Waals surface area (Å²) in [7, 11) is 1.21. The summed E-state index contributed by atoms with van der Waals surface area (Å²) in [6, 6.07) is 7.52. The van der Waals surface area contributed by atoms with Crippen LogP contribution in [0, 0.1) is 17.0 Å². The first-order valence-corrected chi connectivity index (χ1v) is 7.22. The second kappa shape index (κ2) is 7.95. The second-order valence-electron chi connectivity index (χ2n) is 5.04. The quantitative estimate of drug-likeness (QED) is 0.461. The number of carbonyl (C=O) groups excluding carboxylic acids is 2. The van der Waals surface area contributed by atoms with E-state index in [1.165, 1.54) is 31.4 Å². The summed E-state index contributed by atoms with van der Waals surface area (Å²) in [5.74, 6) is -0.782. The highest BCUT2D eigenvalue weighted by molar-refractivity contribution is 5.93. The van der Waals surface area contributed by atoms with E-state index in [4.69, 9.17) is 9.15 Å². The topological polar surface area (TPSA) is 121 Å². The number of amides is 1. The lowest BCUT2D eigenvalue weighted by atomic mass is 10.2. The summed E-state index contributed by atoms with van der Waals surface area (Å²) in [6.07, 6.45) is 0. The number of methoxy groups -OCH3 is 1. The number of hydrogen-bond donors (Lipinski definition) is 1. The molecular formula is C16H16N2O7. The zero-order chi connectivity index (χ0) is 18.4. The predicted octanol–water partition coefficient (Wildman–Crippen LogP) is 1.98. The Bertz CT molecular complexity index is 798. The fourth-order valence-electron chi connectivity index (χ4n) is 1.93. The monoisotopic (exact) mass is 348 g/mol. The maximum Gasteiger partial charge on any atom is 0.325 e. The Kier molecular flexibility index (Phi) is 5.72. The van der Waals surface area contributed by atoms with Crippen LogP contribution in [0.5, 0.6) is 5.75 Å². The molecule has 1 aromatic heterocycles. The maximum absolute atomic E-state index is 11.8. The molecule has 0 bridgehead atoms. The van der Waals surface area contributed by atoms with Gasteiger partial charge in [0.1, 0.15) is 18.9 Å². The van der Waals surface area contributed by atoms with Gasteiger partial charge in [-0.1, -0.05) is 6.07 Å². The van der Waals surface area contributed by atoms with Crippen molar-refractivity contribution in [3.8, 4) is 5.75 Å². The van der Waals surface area contributed by atoms with E-state index >= 15 is 0 Å². The highest BCUT2D eigenvalue weighted by atomic mass is 16.6. The van der Waals surface area contributed by atoms with Gasteiger partial charge in [-0.15, -0.1) is 0 Å². The molecule has 2 aromatic rings. The molecule has 0 saturated carbocycles. The molecule has 0 fully saturated rings. The van der Waals surface area contributed by atoms with Crippen LogP contribution in [0.4, 0.5) is 5.69 Å². The lowest BCUT2D eigenvalue weighted by Gasteiger charge is -2.06. The van der Waals surface area contributed by atoms with E-state index in [1.54, 1.807) is 13.0 Å². The normalized spacial score (nSPS) is 10.2. The van der Waals surface area contributed by atoms with E-state index in [2.05, 4.69) is 10.1 Å². The lowest BCUT2D eigenvalue weighted by Crippen LogP contribution is -2.29. The molecule has 0 radical (unpaired) electrons. The number of rotatable bonds is 7. The molecule has 1 aromatic carbocycles.